The van der Waals surface area contributed by atoms with E-state index in [4.69, 9.17) is 10.5 Å². The third-order valence-electron chi connectivity index (χ3n) is 2.77. The highest BCUT2D eigenvalue weighted by molar-refractivity contribution is 5.82. The summed E-state index contributed by atoms with van der Waals surface area (Å²) < 4.78 is 5.10. The number of aromatic hydroxyl groups is 1. The number of ether oxygens (including phenoxy) is 1. The Morgan fingerprint density at radius 3 is 2.76 bits per heavy atom. The van der Waals surface area contributed by atoms with Crippen molar-refractivity contribution in [2.24, 2.45) is 0 Å². The van der Waals surface area contributed by atoms with Crippen LogP contribution in [0.5, 0.6) is 11.5 Å². The zero-order valence-electron chi connectivity index (χ0n) is 9.82. The number of aromatic amines is 1. The van der Waals surface area contributed by atoms with E-state index >= 15 is 0 Å². The Balaban J connectivity index is 2.70. The summed E-state index contributed by atoms with van der Waals surface area (Å²) in [4.78, 5) is 0. The molecule has 2 rings (SSSR count). The van der Waals surface area contributed by atoms with Gasteiger partial charge in [0.2, 0.25) is 0 Å². The van der Waals surface area contributed by atoms with Gasteiger partial charge in [-0.05, 0) is 18.1 Å². The Kier molecular flexibility index (Phi) is 2.91. The highest BCUT2D eigenvalue weighted by Gasteiger charge is 2.17. The molecule has 1 heterocycles. The smallest absolute Gasteiger partial charge is 0.166 e. The van der Waals surface area contributed by atoms with E-state index in [1.165, 1.54) is 7.11 Å². The number of nitrogens with two attached hydrogens (primary N) is 1. The number of phenolic OH excluding ortho intramolecular Hbond substituents is 1. The predicted molar refractivity (Wildman–Crippen MR) is 66.0 cm³/mol. The number of rotatable bonds is 3. The van der Waals surface area contributed by atoms with E-state index in [0.29, 0.717) is 22.7 Å². The topological polar surface area (TPSA) is 84.2 Å². The van der Waals surface area contributed by atoms with Crippen LogP contribution in [0.3, 0.4) is 0 Å². The fourth-order valence-corrected chi connectivity index (χ4v) is 1.87. The SMILES string of the molecule is CCc1ccc(OC)c(O)c1-c1cn[nH]c1N. The molecule has 0 aliphatic carbocycles. The standard InChI is InChI=1S/C12H15N3O2/c1-3-7-4-5-9(17-2)11(16)10(7)8-6-14-15-12(8)13/h4-6,16H,3H2,1-2H3,(H3,13,14,15). The van der Waals surface area contributed by atoms with Crippen LogP contribution >= 0.6 is 0 Å². The van der Waals surface area contributed by atoms with Crippen LogP contribution in [0.4, 0.5) is 5.82 Å². The van der Waals surface area contributed by atoms with Crippen molar-refractivity contribution in [3.8, 4) is 22.6 Å². The van der Waals surface area contributed by atoms with Crippen LogP contribution in [0.1, 0.15) is 12.5 Å². The number of hydrogen-bond donors (Lipinski definition) is 3. The summed E-state index contributed by atoms with van der Waals surface area (Å²) in [6, 6.07) is 3.66. The van der Waals surface area contributed by atoms with Crippen molar-refractivity contribution in [3.63, 3.8) is 0 Å². The number of benzene rings is 1. The van der Waals surface area contributed by atoms with Gasteiger partial charge in [0.05, 0.1) is 13.3 Å². The first-order valence-electron chi connectivity index (χ1n) is 5.37. The molecule has 0 amide bonds. The molecule has 0 fully saturated rings. The summed E-state index contributed by atoms with van der Waals surface area (Å²) in [6.07, 6.45) is 2.39. The summed E-state index contributed by atoms with van der Waals surface area (Å²) in [5.41, 5.74) is 8.15. The summed E-state index contributed by atoms with van der Waals surface area (Å²) in [6.45, 7) is 2.01. The third-order valence-corrected chi connectivity index (χ3v) is 2.77. The van der Waals surface area contributed by atoms with Gasteiger partial charge >= 0.3 is 0 Å². The number of anilines is 1. The predicted octanol–water partition coefficient (Wildman–Crippen LogP) is 1.94. The maximum Gasteiger partial charge on any atom is 0.166 e. The number of aryl methyl sites for hydroxylation is 1. The maximum absolute atomic E-state index is 10.2. The fourth-order valence-electron chi connectivity index (χ4n) is 1.87. The molecule has 5 heteroatoms. The lowest BCUT2D eigenvalue weighted by Gasteiger charge is -2.12. The molecule has 0 unspecified atom stereocenters. The first-order chi connectivity index (χ1) is 8.19. The Bertz CT molecular complexity index is 535. The molecule has 4 N–H and O–H groups in total. The molecule has 0 atom stereocenters. The summed E-state index contributed by atoms with van der Waals surface area (Å²) in [5.74, 6) is 0.959. The normalized spacial score (nSPS) is 10.5. The number of methoxy groups -OCH3 is 1. The van der Waals surface area contributed by atoms with E-state index in [1.54, 1.807) is 12.3 Å². The summed E-state index contributed by atoms with van der Waals surface area (Å²) in [7, 11) is 1.52. The molecule has 0 radical (unpaired) electrons. The van der Waals surface area contributed by atoms with Crippen molar-refractivity contribution in [3.05, 3.63) is 23.9 Å². The Morgan fingerprint density at radius 1 is 1.47 bits per heavy atom. The van der Waals surface area contributed by atoms with E-state index in [9.17, 15) is 5.11 Å². The van der Waals surface area contributed by atoms with E-state index in [1.807, 2.05) is 13.0 Å². The van der Waals surface area contributed by atoms with Gasteiger partial charge < -0.3 is 15.6 Å². The van der Waals surface area contributed by atoms with E-state index in [2.05, 4.69) is 10.2 Å². The minimum Gasteiger partial charge on any atom is -0.504 e. The number of phenols is 1. The molecule has 0 spiro atoms. The lowest BCUT2D eigenvalue weighted by Crippen LogP contribution is -1.94. The zero-order valence-corrected chi connectivity index (χ0v) is 9.82. The molecular formula is C12H15N3O2. The molecule has 0 saturated carbocycles. The Morgan fingerprint density at radius 2 is 2.24 bits per heavy atom. The quantitative estimate of drug-likeness (QED) is 0.756. The minimum atomic E-state index is 0.0972. The highest BCUT2D eigenvalue weighted by Crippen LogP contribution is 2.41. The number of H-pyrrole nitrogens is 1. The van der Waals surface area contributed by atoms with Crippen LogP contribution < -0.4 is 10.5 Å². The zero-order chi connectivity index (χ0) is 12.4. The van der Waals surface area contributed by atoms with Gasteiger partial charge in [-0.3, -0.25) is 5.10 Å². The molecule has 0 bridgehead atoms. The fraction of sp³-hybridized carbons (Fsp3) is 0.250. The van der Waals surface area contributed by atoms with E-state index < -0.39 is 0 Å². The van der Waals surface area contributed by atoms with Gasteiger partial charge in [0, 0.05) is 11.1 Å². The molecule has 2 aromatic rings. The number of nitrogens with one attached hydrogen (secondary N) is 1. The Labute approximate surface area is 99.2 Å². The van der Waals surface area contributed by atoms with Crippen molar-refractivity contribution in [1.29, 1.82) is 0 Å². The van der Waals surface area contributed by atoms with Gasteiger partial charge in [-0.15, -0.1) is 0 Å². The molecule has 1 aromatic heterocycles. The van der Waals surface area contributed by atoms with Crippen LogP contribution in [0.25, 0.3) is 11.1 Å². The van der Waals surface area contributed by atoms with E-state index in [-0.39, 0.29) is 5.75 Å². The number of nitrogen functional groups attached to an aromatic ring is 1. The number of aromatic nitrogens is 2. The second kappa shape index (κ2) is 4.37. The lowest BCUT2D eigenvalue weighted by molar-refractivity contribution is 0.374. The number of nitrogens with zero attached hydrogens (tertiary/aromatic N) is 1. The van der Waals surface area contributed by atoms with Crippen LogP contribution in [0.15, 0.2) is 18.3 Å². The molecule has 1 aromatic carbocycles. The maximum atomic E-state index is 10.2. The lowest BCUT2D eigenvalue weighted by atomic mass is 9.98. The molecule has 0 saturated heterocycles. The molecule has 17 heavy (non-hydrogen) atoms. The second-order valence-corrected chi connectivity index (χ2v) is 3.70. The van der Waals surface area contributed by atoms with E-state index in [0.717, 1.165) is 12.0 Å². The van der Waals surface area contributed by atoms with Gasteiger partial charge in [-0.25, -0.2) is 0 Å². The second-order valence-electron chi connectivity index (χ2n) is 3.70. The number of hydrogen-bond acceptors (Lipinski definition) is 4. The summed E-state index contributed by atoms with van der Waals surface area (Å²) >= 11 is 0. The van der Waals surface area contributed by atoms with Crippen molar-refractivity contribution >= 4 is 5.82 Å². The van der Waals surface area contributed by atoms with Crippen molar-refractivity contribution in [2.45, 2.75) is 13.3 Å². The molecule has 90 valence electrons. The van der Waals surface area contributed by atoms with Crippen LogP contribution in [-0.4, -0.2) is 22.4 Å². The first-order valence-corrected chi connectivity index (χ1v) is 5.37. The average molecular weight is 233 g/mol. The van der Waals surface area contributed by atoms with Crippen molar-refractivity contribution < 1.29 is 9.84 Å². The van der Waals surface area contributed by atoms with Gasteiger partial charge in [0.25, 0.3) is 0 Å². The Hall–Kier alpha value is -2.17. The van der Waals surface area contributed by atoms with Crippen LogP contribution in [0, 0.1) is 0 Å². The summed E-state index contributed by atoms with van der Waals surface area (Å²) in [5, 5.41) is 16.7. The third kappa shape index (κ3) is 1.80. The van der Waals surface area contributed by atoms with Gasteiger partial charge in [-0.2, -0.15) is 5.10 Å². The van der Waals surface area contributed by atoms with Crippen LogP contribution in [-0.2, 0) is 6.42 Å². The molecular weight excluding hydrogens is 218 g/mol. The van der Waals surface area contributed by atoms with Crippen molar-refractivity contribution in [2.75, 3.05) is 12.8 Å². The minimum absolute atomic E-state index is 0.0972. The average Bonchev–Trinajstić information content (AvgIpc) is 2.75. The monoisotopic (exact) mass is 233 g/mol. The van der Waals surface area contributed by atoms with Gasteiger partial charge in [0.1, 0.15) is 5.82 Å². The highest BCUT2D eigenvalue weighted by atomic mass is 16.5. The van der Waals surface area contributed by atoms with Crippen molar-refractivity contribution in [1.82, 2.24) is 10.2 Å². The van der Waals surface area contributed by atoms with Crippen LogP contribution in [0.2, 0.25) is 0 Å². The first kappa shape index (κ1) is 11.3. The van der Waals surface area contributed by atoms with Gasteiger partial charge in [0.15, 0.2) is 11.5 Å². The molecule has 0 aliphatic rings. The molecule has 0 aliphatic heterocycles. The molecule has 5 nitrogen and oxygen atoms in total. The largest absolute Gasteiger partial charge is 0.504 e. The van der Waals surface area contributed by atoms with Gasteiger partial charge in [-0.1, -0.05) is 13.0 Å².